The van der Waals surface area contributed by atoms with Gasteiger partial charge < -0.3 is 0 Å². The van der Waals surface area contributed by atoms with E-state index < -0.39 is 8.07 Å². The predicted octanol–water partition coefficient (Wildman–Crippen LogP) is 4.47. The maximum Gasteiger partial charge on any atom is 0.113 e. The van der Waals surface area contributed by atoms with E-state index in [2.05, 4.69) is 69.8 Å². The summed E-state index contributed by atoms with van der Waals surface area (Å²) in [7, 11) is -1.50. The summed E-state index contributed by atoms with van der Waals surface area (Å²) < 4.78 is 0. The fourth-order valence-electron chi connectivity index (χ4n) is 3.99. The summed E-state index contributed by atoms with van der Waals surface area (Å²) in [5.74, 6) is 0. The summed E-state index contributed by atoms with van der Waals surface area (Å²) in [6, 6.07) is 13.7. The first-order valence-corrected chi connectivity index (χ1v) is 10.3. The van der Waals surface area contributed by atoms with Gasteiger partial charge in [0.05, 0.1) is 0 Å². The van der Waals surface area contributed by atoms with E-state index in [4.69, 9.17) is 0 Å². The lowest BCUT2D eigenvalue weighted by Gasteiger charge is -2.20. The van der Waals surface area contributed by atoms with Gasteiger partial charge in [-0.3, -0.25) is 0 Å². The molecule has 2 bridgehead atoms. The normalized spacial score (nSPS) is 18.0. The van der Waals surface area contributed by atoms with Gasteiger partial charge >= 0.3 is 0 Å². The quantitative estimate of drug-likeness (QED) is 0.674. The SMILES string of the molecule is CC1=C2c3c(ccc(c3-c3ccc(C)cc3)[Si]2(C)C)[CH]1. The van der Waals surface area contributed by atoms with Crippen molar-refractivity contribution in [2.75, 3.05) is 0 Å². The molecular weight excluding hydrogens is 256 g/mol. The van der Waals surface area contributed by atoms with Crippen LogP contribution in [0.15, 0.2) is 42.0 Å². The molecule has 4 rings (SSSR count). The summed E-state index contributed by atoms with van der Waals surface area (Å²) in [6.45, 7) is 9.43. The van der Waals surface area contributed by atoms with Gasteiger partial charge in [-0.1, -0.05) is 60.6 Å². The highest BCUT2D eigenvalue weighted by atomic mass is 28.3. The number of allylic oxidation sites excluding steroid dienone is 1. The van der Waals surface area contributed by atoms with Gasteiger partial charge in [-0.15, -0.1) is 0 Å². The zero-order valence-corrected chi connectivity index (χ0v) is 13.5. The Labute approximate surface area is 122 Å². The van der Waals surface area contributed by atoms with Crippen LogP contribution in [0.25, 0.3) is 16.3 Å². The van der Waals surface area contributed by atoms with Crippen LogP contribution in [-0.2, 0) is 0 Å². The van der Waals surface area contributed by atoms with Gasteiger partial charge in [-0.2, -0.15) is 0 Å². The lowest BCUT2D eigenvalue weighted by atomic mass is 9.96. The molecule has 0 saturated carbocycles. The number of fused-ring (bicyclic) bond motifs is 1. The lowest BCUT2D eigenvalue weighted by molar-refractivity contribution is 1.44. The van der Waals surface area contributed by atoms with Crippen molar-refractivity contribution in [2.24, 2.45) is 0 Å². The second-order valence-electron chi connectivity index (χ2n) is 6.65. The molecule has 0 nitrogen and oxygen atoms in total. The van der Waals surface area contributed by atoms with Gasteiger partial charge in [-0.05, 0) is 46.5 Å². The first kappa shape index (κ1) is 12.2. The van der Waals surface area contributed by atoms with Crippen LogP contribution in [0.5, 0.6) is 0 Å². The standard InChI is InChI=1S/C19H19Si/c1-12-5-7-14(8-6-12)17-16-10-9-15-11-13(2)19(18(15)17)20(16,3)4/h5-11H,1-4H3. The van der Waals surface area contributed by atoms with Crippen LogP contribution < -0.4 is 5.19 Å². The Morgan fingerprint density at radius 3 is 2.20 bits per heavy atom. The largest absolute Gasteiger partial charge is 0.113 e. The van der Waals surface area contributed by atoms with E-state index in [9.17, 15) is 0 Å². The van der Waals surface area contributed by atoms with E-state index in [-0.39, 0.29) is 0 Å². The van der Waals surface area contributed by atoms with Crippen LogP contribution in [-0.4, -0.2) is 8.07 Å². The average molecular weight is 275 g/mol. The highest BCUT2D eigenvalue weighted by molar-refractivity contribution is 7.07. The molecule has 2 aromatic carbocycles. The molecule has 0 N–H and O–H groups in total. The molecule has 2 aliphatic rings. The highest BCUT2D eigenvalue weighted by Crippen LogP contribution is 2.49. The Bertz CT molecular complexity index is 761. The van der Waals surface area contributed by atoms with E-state index in [1.165, 1.54) is 27.8 Å². The van der Waals surface area contributed by atoms with E-state index in [1.807, 2.05) is 0 Å². The number of aryl methyl sites for hydroxylation is 1. The molecule has 0 fully saturated rings. The minimum absolute atomic E-state index is 1.33. The molecule has 20 heavy (non-hydrogen) atoms. The maximum absolute atomic E-state index is 2.49. The fraction of sp³-hybridized carbons (Fsp3) is 0.211. The topological polar surface area (TPSA) is 0 Å². The Balaban J connectivity index is 2.07. The van der Waals surface area contributed by atoms with Crippen molar-refractivity contribution >= 4 is 18.5 Å². The predicted molar refractivity (Wildman–Crippen MR) is 89.7 cm³/mol. The van der Waals surface area contributed by atoms with Crippen molar-refractivity contribution in [3.05, 3.63) is 65.1 Å². The number of benzene rings is 2. The van der Waals surface area contributed by atoms with Crippen molar-refractivity contribution in [1.29, 1.82) is 0 Å². The lowest BCUT2D eigenvalue weighted by Crippen LogP contribution is -2.39. The van der Waals surface area contributed by atoms with Crippen LogP contribution in [0.1, 0.15) is 23.6 Å². The monoisotopic (exact) mass is 275 g/mol. The van der Waals surface area contributed by atoms with Gasteiger partial charge in [0.1, 0.15) is 8.07 Å². The molecule has 1 radical (unpaired) electrons. The molecule has 1 heterocycles. The van der Waals surface area contributed by atoms with Crippen molar-refractivity contribution in [2.45, 2.75) is 26.9 Å². The summed E-state index contributed by atoms with van der Waals surface area (Å²) in [6.07, 6.45) is 2.38. The molecule has 99 valence electrons. The van der Waals surface area contributed by atoms with Gasteiger partial charge in [0, 0.05) is 6.42 Å². The van der Waals surface area contributed by atoms with Crippen molar-refractivity contribution in [3.8, 4) is 11.1 Å². The molecule has 2 aromatic rings. The molecule has 0 unspecified atom stereocenters. The molecule has 0 amide bonds. The zero-order valence-electron chi connectivity index (χ0n) is 12.5. The number of rotatable bonds is 1. The Kier molecular flexibility index (Phi) is 2.27. The summed E-state index contributed by atoms with van der Waals surface area (Å²) in [5.41, 5.74) is 8.70. The van der Waals surface area contributed by atoms with Crippen LogP contribution >= 0.6 is 0 Å². The van der Waals surface area contributed by atoms with Crippen LogP contribution in [0.4, 0.5) is 0 Å². The summed E-state index contributed by atoms with van der Waals surface area (Å²) in [4.78, 5) is 0. The van der Waals surface area contributed by atoms with E-state index in [0.29, 0.717) is 0 Å². The third-order valence-corrected chi connectivity index (χ3v) is 8.55. The first-order valence-electron chi connectivity index (χ1n) is 7.31. The Morgan fingerprint density at radius 2 is 1.50 bits per heavy atom. The maximum atomic E-state index is 2.49. The smallest absolute Gasteiger partial charge is 0.0646 e. The second kappa shape index (κ2) is 3.73. The Morgan fingerprint density at radius 1 is 0.800 bits per heavy atom. The summed E-state index contributed by atoms with van der Waals surface area (Å²) in [5, 5.41) is 3.28. The van der Waals surface area contributed by atoms with Crippen molar-refractivity contribution < 1.29 is 0 Å². The molecule has 0 saturated heterocycles. The van der Waals surface area contributed by atoms with E-state index >= 15 is 0 Å². The second-order valence-corrected chi connectivity index (χ2v) is 10.9. The van der Waals surface area contributed by atoms with Gasteiger partial charge in [0.2, 0.25) is 0 Å². The molecule has 1 aliphatic carbocycles. The first-order chi connectivity index (χ1) is 9.50. The number of hydrogen-bond donors (Lipinski definition) is 0. The minimum atomic E-state index is -1.50. The summed E-state index contributed by atoms with van der Waals surface area (Å²) >= 11 is 0. The van der Waals surface area contributed by atoms with E-state index in [1.54, 1.807) is 15.9 Å². The Hall–Kier alpha value is -1.60. The third-order valence-electron chi connectivity index (χ3n) is 4.89. The molecule has 0 atom stereocenters. The third kappa shape index (κ3) is 1.36. The molecule has 0 spiro atoms. The zero-order chi connectivity index (χ0) is 14.1. The average Bonchev–Trinajstić information content (AvgIpc) is 2.82. The van der Waals surface area contributed by atoms with Crippen LogP contribution in [0.3, 0.4) is 0 Å². The van der Waals surface area contributed by atoms with Crippen LogP contribution in [0, 0.1) is 13.3 Å². The van der Waals surface area contributed by atoms with Crippen LogP contribution in [0.2, 0.25) is 13.1 Å². The fourth-order valence-corrected chi connectivity index (χ4v) is 7.61. The van der Waals surface area contributed by atoms with Gasteiger partial charge in [0.15, 0.2) is 0 Å². The highest BCUT2D eigenvalue weighted by Gasteiger charge is 2.44. The van der Waals surface area contributed by atoms with Gasteiger partial charge in [0.25, 0.3) is 0 Å². The molecule has 1 heteroatoms. The minimum Gasteiger partial charge on any atom is -0.0646 e. The molecule has 0 aromatic heterocycles. The van der Waals surface area contributed by atoms with Crippen molar-refractivity contribution in [1.82, 2.24) is 0 Å². The number of hydrogen-bond acceptors (Lipinski definition) is 0. The molecular formula is C19H19Si. The molecule has 1 aliphatic heterocycles. The van der Waals surface area contributed by atoms with Gasteiger partial charge in [-0.25, -0.2) is 0 Å². The van der Waals surface area contributed by atoms with Crippen molar-refractivity contribution in [3.63, 3.8) is 0 Å². The van der Waals surface area contributed by atoms with E-state index in [0.717, 1.165) is 0 Å².